The molecule has 5 atom stereocenters. The highest BCUT2D eigenvalue weighted by Crippen LogP contribution is 2.48. The fourth-order valence-corrected chi connectivity index (χ4v) is 6.23. The number of benzene rings is 1. The molecular formula is C26H36O6. The maximum absolute atomic E-state index is 12.4. The average molecular weight is 445 g/mol. The number of aliphatic hydroxyl groups excluding tert-OH is 1. The molecule has 0 unspecified atom stereocenters. The van der Waals surface area contributed by atoms with Crippen LogP contribution < -0.4 is 4.74 Å². The maximum Gasteiger partial charge on any atom is 0.341 e. The normalized spacial score (nSPS) is 28.1. The van der Waals surface area contributed by atoms with Crippen molar-refractivity contribution in [2.75, 3.05) is 6.61 Å². The summed E-state index contributed by atoms with van der Waals surface area (Å²) in [7, 11) is 0. The number of aliphatic carboxylic acids is 1. The Labute approximate surface area is 190 Å². The third-order valence-electron chi connectivity index (χ3n) is 7.95. The van der Waals surface area contributed by atoms with E-state index in [1.807, 2.05) is 12.1 Å². The van der Waals surface area contributed by atoms with Crippen molar-refractivity contribution in [3.8, 4) is 5.75 Å². The van der Waals surface area contributed by atoms with E-state index >= 15 is 0 Å². The van der Waals surface area contributed by atoms with Crippen molar-refractivity contribution in [3.63, 3.8) is 0 Å². The molecule has 4 rings (SSSR count). The number of aliphatic hydroxyl groups is 1. The Morgan fingerprint density at radius 3 is 2.69 bits per heavy atom. The lowest BCUT2D eigenvalue weighted by molar-refractivity contribution is -0.154. The molecule has 32 heavy (non-hydrogen) atoms. The van der Waals surface area contributed by atoms with E-state index in [2.05, 4.69) is 13.0 Å². The van der Waals surface area contributed by atoms with Gasteiger partial charge in [-0.15, -0.1) is 0 Å². The molecule has 1 aromatic rings. The largest absolute Gasteiger partial charge is 0.482 e. The molecule has 3 aliphatic rings. The molecule has 2 N–H and O–H groups in total. The lowest BCUT2D eigenvalue weighted by Crippen LogP contribution is -2.29. The van der Waals surface area contributed by atoms with Gasteiger partial charge in [0.1, 0.15) is 11.9 Å². The highest BCUT2D eigenvalue weighted by molar-refractivity contribution is 5.72. The van der Waals surface area contributed by atoms with Crippen LogP contribution in [0.4, 0.5) is 0 Å². The predicted molar refractivity (Wildman–Crippen MR) is 119 cm³/mol. The quantitative estimate of drug-likeness (QED) is 0.556. The van der Waals surface area contributed by atoms with Gasteiger partial charge in [0.25, 0.3) is 0 Å². The molecule has 2 saturated carbocycles. The van der Waals surface area contributed by atoms with E-state index in [1.54, 1.807) is 0 Å². The number of carboxylic acid groups (broad SMARTS) is 1. The Morgan fingerprint density at radius 1 is 1.19 bits per heavy atom. The number of carboxylic acids is 1. The van der Waals surface area contributed by atoms with Gasteiger partial charge in [-0.1, -0.05) is 31.9 Å². The van der Waals surface area contributed by atoms with E-state index in [4.69, 9.17) is 14.6 Å². The summed E-state index contributed by atoms with van der Waals surface area (Å²) in [5, 5.41) is 19.8. The van der Waals surface area contributed by atoms with Gasteiger partial charge in [-0.05, 0) is 86.3 Å². The summed E-state index contributed by atoms with van der Waals surface area (Å²) < 4.78 is 11.4. The van der Waals surface area contributed by atoms with Crippen molar-refractivity contribution in [3.05, 3.63) is 29.3 Å². The number of esters is 1. The molecule has 0 aliphatic heterocycles. The van der Waals surface area contributed by atoms with Crippen molar-refractivity contribution >= 4 is 11.9 Å². The zero-order valence-electron chi connectivity index (χ0n) is 19.0. The minimum atomic E-state index is -0.980. The molecule has 0 spiro atoms. The van der Waals surface area contributed by atoms with Gasteiger partial charge in [0.2, 0.25) is 0 Å². The van der Waals surface area contributed by atoms with Crippen molar-refractivity contribution in [2.24, 2.45) is 23.7 Å². The topological polar surface area (TPSA) is 93.1 Å². The van der Waals surface area contributed by atoms with Gasteiger partial charge in [0.05, 0.1) is 12.0 Å². The van der Waals surface area contributed by atoms with Gasteiger partial charge in [0.15, 0.2) is 6.61 Å². The van der Waals surface area contributed by atoms with Crippen LogP contribution in [0.25, 0.3) is 0 Å². The van der Waals surface area contributed by atoms with E-state index in [1.165, 1.54) is 5.56 Å². The molecule has 0 amide bonds. The summed E-state index contributed by atoms with van der Waals surface area (Å²) >= 11 is 0. The summed E-state index contributed by atoms with van der Waals surface area (Å²) in [5.41, 5.74) is 2.30. The van der Waals surface area contributed by atoms with Crippen LogP contribution in [0, 0.1) is 23.7 Å². The molecule has 0 heterocycles. The van der Waals surface area contributed by atoms with Crippen LogP contribution in [0.2, 0.25) is 0 Å². The number of hydrogen-bond acceptors (Lipinski definition) is 5. The minimum Gasteiger partial charge on any atom is -0.482 e. The minimum absolute atomic E-state index is 0.0281. The van der Waals surface area contributed by atoms with E-state index in [-0.39, 0.29) is 36.6 Å². The highest BCUT2D eigenvalue weighted by atomic mass is 16.5. The van der Waals surface area contributed by atoms with E-state index in [0.717, 1.165) is 69.8 Å². The number of fused-ring (bicyclic) bond motifs is 2. The molecule has 3 aliphatic carbocycles. The molecule has 6 nitrogen and oxygen atoms in total. The molecular weight excluding hydrogens is 408 g/mol. The molecule has 0 radical (unpaired) electrons. The summed E-state index contributed by atoms with van der Waals surface area (Å²) in [6, 6.07) is 5.86. The summed E-state index contributed by atoms with van der Waals surface area (Å²) in [6.07, 6.45) is 8.68. The van der Waals surface area contributed by atoms with Crippen LogP contribution in [0.15, 0.2) is 18.2 Å². The monoisotopic (exact) mass is 444 g/mol. The molecule has 0 bridgehead atoms. The second kappa shape index (κ2) is 10.2. The summed E-state index contributed by atoms with van der Waals surface area (Å²) in [4.78, 5) is 23.4. The van der Waals surface area contributed by atoms with E-state index in [9.17, 15) is 14.7 Å². The molecule has 1 aromatic carbocycles. The fraction of sp³-hybridized carbons (Fsp3) is 0.692. The third kappa shape index (κ3) is 5.11. The second-order valence-electron chi connectivity index (χ2n) is 9.90. The molecule has 0 saturated heterocycles. The Hall–Kier alpha value is -2.08. The van der Waals surface area contributed by atoms with E-state index in [0.29, 0.717) is 17.6 Å². The first-order valence-corrected chi connectivity index (χ1v) is 12.3. The Morgan fingerprint density at radius 2 is 1.97 bits per heavy atom. The van der Waals surface area contributed by atoms with Gasteiger partial charge in [-0.3, -0.25) is 4.79 Å². The molecule has 6 heteroatoms. The highest BCUT2D eigenvalue weighted by Gasteiger charge is 2.45. The lowest BCUT2D eigenvalue weighted by atomic mass is 9.73. The Kier molecular flexibility index (Phi) is 7.39. The van der Waals surface area contributed by atoms with Crippen molar-refractivity contribution < 1.29 is 29.3 Å². The van der Waals surface area contributed by atoms with Gasteiger partial charge in [-0.25, -0.2) is 4.79 Å². The number of carbonyl (C=O) groups excluding carboxylic acids is 1. The second-order valence-corrected chi connectivity index (χ2v) is 9.90. The molecule has 176 valence electrons. The summed E-state index contributed by atoms with van der Waals surface area (Å²) in [5.74, 6) is 0.708. The number of carbonyl (C=O) groups is 2. The lowest BCUT2D eigenvalue weighted by Gasteiger charge is -2.32. The van der Waals surface area contributed by atoms with Crippen LogP contribution in [0.3, 0.4) is 0 Å². The predicted octanol–water partition coefficient (Wildman–Crippen LogP) is 4.15. The van der Waals surface area contributed by atoms with Gasteiger partial charge < -0.3 is 19.7 Å². The smallest absolute Gasteiger partial charge is 0.341 e. The molecule has 2 fully saturated rings. The number of hydrogen-bond donors (Lipinski definition) is 2. The SMILES string of the molecule is CC[C@@H](CC[C@@H]1[C@H]2Cc3cccc(OCC(=O)O)c3C[C@H]2C[C@H]1O)OC(=O)C1CCCC1. The third-order valence-corrected chi connectivity index (χ3v) is 7.95. The maximum atomic E-state index is 12.4. The van der Waals surface area contributed by atoms with Gasteiger partial charge in [-0.2, -0.15) is 0 Å². The van der Waals surface area contributed by atoms with Crippen LogP contribution in [0.1, 0.15) is 69.4 Å². The standard InChI is InChI=1S/C26H36O6/c1-2-19(32-26(30)16-6-3-4-7-16)10-11-20-21-12-17-8-5-9-24(31-15-25(28)29)22(17)13-18(21)14-23(20)27/h5,8-9,16,18-21,23,27H,2-4,6-7,10-15H2,1H3,(H,28,29)/t18-,19-,20+,21-,23+/m0/s1. The van der Waals surface area contributed by atoms with Crippen molar-refractivity contribution in [2.45, 2.75) is 83.3 Å². The first kappa shape index (κ1) is 23.1. The first-order chi connectivity index (χ1) is 15.5. The van der Waals surface area contributed by atoms with Crippen LogP contribution >= 0.6 is 0 Å². The fourth-order valence-electron chi connectivity index (χ4n) is 6.23. The summed E-state index contributed by atoms with van der Waals surface area (Å²) in [6.45, 7) is 1.73. The Bertz CT molecular complexity index is 815. The van der Waals surface area contributed by atoms with E-state index < -0.39 is 5.97 Å². The first-order valence-electron chi connectivity index (χ1n) is 12.3. The number of ether oxygens (including phenoxy) is 2. The van der Waals surface area contributed by atoms with Crippen molar-refractivity contribution in [1.82, 2.24) is 0 Å². The van der Waals surface area contributed by atoms with Crippen molar-refractivity contribution in [1.29, 1.82) is 0 Å². The van der Waals surface area contributed by atoms with Gasteiger partial charge in [0, 0.05) is 0 Å². The number of rotatable bonds is 9. The van der Waals surface area contributed by atoms with Crippen LogP contribution in [-0.2, 0) is 27.2 Å². The molecule has 0 aromatic heterocycles. The van der Waals surface area contributed by atoms with Crippen LogP contribution in [-0.4, -0.2) is 41.0 Å². The zero-order valence-corrected chi connectivity index (χ0v) is 19.0. The average Bonchev–Trinajstić information content (AvgIpc) is 3.41. The van der Waals surface area contributed by atoms with Crippen LogP contribution in [0.5, 0.6) is 5.75 Å². The zero-order chi connectivity index (χ0) is 22.7. The Balaban J connectivity index is 1.38. The van der Waals surface area contributed by atoms with Gasteiger partial charge >= 0.3 is 11.9 Å².